The Morgan fingerprint density at radius 2 is 1.57 bits per heavy atom. The number of aryl methyl sites for hydroxylation is 1. The van der Waals surface area contributed by atoms with Crippen molar-refractivity contribution in [1.29, 1.82) is 0 Å². The second-order valence-corrected chi connectivity index (χ2v) is 12.8. The Morgan fingerprint density at radius 1 is 0.900 bits per heavy atom. The molecule has 3 aliphatic rings. The van der Waals surface area contributed by atoms with E-state index < -0.39 is 10.2 Å². The van der Waals surface area contributed by atoms with Crippen LogP contribution in [0.2, 0.25) is 0 Å². The van der Waals surface area contributed by atoms with Gasteiger partial charge in [0.25, 0.3) is 0 Å². The minimum absolute atomic E-state index is 0.0145. The Bertz CT molecular complexity index is 1390. The summed E-state index contributed by atoms with van der Waals surface area (Å²) in [6, 6.07) is 17.6. The molecule has 6 nitrogen and oxygen atoms in total. The van der Waals surface area contributed by atoms with Gasteiger partial charge < -0.3 is 4.90 Å². The molecule has 0 bridgehead atoms. The number of hydrogen-bond donors (Lipinski definition) is 0. The highest BCUT2D eigenvalue weighted by Crippen LogP contribution is 2.46. The monoisotopic (exact) mass is 562 g/mol. The van der Waals surface area contributed by atoms with Crippen LogP contribution in [0.1, 0.15) is 58.1 Å². The first-order valence-corrected chi connectivity index (χ1v) is 14.9. The number of anilines is 1. The molecule has 2 aliphatic heterocycles. The number of nitrogens with zero attached hydrogens (tertiary/aromatic N) is 2. The lowest BCUT2D eigenvalue weighted by molar-refractivity contribution is -2.00. The van der Waals surface area contributed by atoms with Crippen molar-refractivity contribution >= 4 is 17.6 Å². The number of allylic oxidation sites excluding steroid dienone is 8. The summed E-state index contributed by atoms with van der Waals surface area (Å²) >= 11 is 0. The zero-order valence-corrected chi connectivity index (χ0v) is 24.8. The fourth-order valence-electron chi connectivity index (χ4n) is 6.19. The van der Waals surface area contributed by atoms with E-state index in [1.54, 1.807) is 0 Å². The lowest BCUT2D eigenvalue weighted by Gasteiger charge is -2.30. The van der Waals surface area contributed by atoms with Crippen molar-refractivity contribution in [1.82, 2.24) is 0 Å². The highest BCUT2D eigenvalue weighted by atomic mass is 35.7. The molecule has 0 aromatic heterocycles. The van der Waals surface area contributed by atoms with Crippen LogP contribution in [-0.2, 0) is 11.8 Å². The summed E-state index contributed by atoms with van der Waals surface area (Å²) in [7, 11) is -2.76. The van der Waals surface area contributed by atoms with Crippen LogP contribution in [0.4, 0.5) is 11.4 Å². The van der Waals surface area contributed by atoms with Crippen LogP contribution in [0.15, 0.2) is 95.8 Å². The molecule has 0 saturated carbocycles. The second-order valence-electron chi connectivity index (χ2n) is 12.0. The maximum absolute atomic E-state index is 8.49. The summed E-state index contributed by atoms with van der Waals surface area (Å²) in [5.74, 6) is 0. The maximum atomic E-state index is 8.49. The minimum Gasteiger partial charge on any atom is -0.347 e. The van der Waals surface area contributed by atoms with E-state index in [0.29, 0.717) is 0 Å². The van der Waals surface area contributed by atoms with Gasteiger partial charge in [-0.05, 0) is 53.5 Å². The van der Waals surface area contributed by atoms with Gasteiger partial charge in [-0.2, -0.15) is 4.58 Å². The third-order valence-corrected chi connectivity index (χ3v) is 7.86. The molecule has 7 heteroatoms. The van der Waals surface area contributed by atoms with E-state index >= 15 is 0 Å². The third-order valence-electron chi connectivity index (χ3n) is 7.86. The van der Waals surface area contributed by atoms with Gasteiger partial charge in [0, 0.05) is 48.0 Å². The standard InChI is InChI=1S/C33H39N2.ClHO4/c1-32(2)23-25(12-10-18-31-33(3,4)28-15-7-9-17-30(28)34(31)5)22-26(24-32)19-21-35-20-11-14-27-13-6-8-16-29(27)35;2-1(3,4)5/h6-10,12-13,15-19,21-22H,11,14,20,23-24H2,1-5H3;(H,2,3,4,5)/q+1;/p-1. The summed E-state index contributed by atoms with van der Waals surface area (Å²) in [6.45, 7) is 10.5. The fourth-order valence-corrected chi connectivity index (χ4v) is 6.19. The molecule has 212 valence electrons. The number of rotatable bonds is 3. The van der Waals surface area contributed by atoms with Crippen LogP contribution >= 0.6 is 0 Å². The van der Waals surface area contributed by atoms with Crippen LogP contribution in [0.25, 0.3) is 0 Å². The Hall–Kier alpha value is -3.00. The predicted molar refractivity (Wildman–Crippen MR) is 150 cm³/mol. The van der Waals surface area contributed by atoms with Crippen molar-refractivity contribution in [2.24, 2.45) is 5.41 Å². The summed E-state index contributed by atoms with van der Waals surface area (Å²) in [4.78, 5) is 2.34. The van der Waals surface area contributed by atoms with Crippen LogP contribution in [-0.4, -0.2) is 24.4 Å². The van der Waals surface area contributed by atoms with Gasteiger partial charge in [0.05, 0.1) is 0 Å². The molecule has 0 radical (unpaired) electrons. The van der Waals surface area contributed by atoms with Crippen molar-refractivity contribution in [3.05, 3.63) is 107 Å². The minimum atomic E-state index is -4.94. The first-order chi connectivity index (χ1) is 18.7. The average Bonchev–Trinajstić information content (AvgIpc) is 3.06. The molecule has 1 aliphatic carbocycles. The number of fused-ring (bicyclic) bond motifs is 2. The van der Waals surface area contributed by atoms with Gasteiger partial charge in [-0.15, -0.1) is 10.2 Å². The maximum Gasteiger partial charge on any atom is 0.208 e. The van der Waals surface area contributed by atoms with Gasteiger partial charge in [-0.1, -0.05) is 82.3 Å². The van der Waals surface area contributed by atoms with Crippen LogP contribution in [0.3, 0.4) is 0 Å². The number of para-hydroxylation sites is 2. The van der Waals surface area contributed by atoms with E-state index in [9.17, 15) is 0 Å². The molecule has 2 aromatic carbocycles. The van der Waals surface area contributed by atoms with E-state index in [0.717, 1.165) is 19.4 Å². The molecule has 2 heterocycles. The second kappa shape index (κ2) is 11.9. The Kier molecular flexibility index (Phi) is 8.88. The molecule has 0 spiro atoms. The molecular formula is C33H39ClN2O4. The van der Waals surface area contributed by atoms with E-state index in [4.69, 9.17) is 18.6 Å². The molecule has 0 atom stereocenters. The lowest BCUT2D eigenvalue weighted by Crippen LogP contribution is -2.68. The number of halogens is 1. The summed E-state index contributed by atoms with van der Waals surface area (Å²) < 4.78 is 36.4. The van der Waals surface area contributed by atoms with Crippen molar-refractivity contribution in [3.8, 4) is 0 Å². The quantitative estimate of drug-likeness (QED) is 0.535. The van der Waals surface area contributed by atoms with E-state index in [1.165, 1.54) is 52.2 Å². The van der Waals surface area contributed by atoms with Crippen molar-refractivity contribution in [2.45, 2.75) is 58.8 Å². The first-order valence-electron chi connectivity index (χ1n) is 13.7. The highest BCUT2D eigenvalue weighted by molar-refractivity contribution is 5.71. The topological polar surface area (TPSA) is 98.5 Å². The van der Waals surface area contributed by atoms with Crippen molar-refractivity contribution in [3.63, 3.8) is 0 Å². The number of benzene rings is 2. The Morgan fingerprint density at radius 3 is 2.30 bits per heavy atom. The van der Waals surface area contributed by atoms with Gasteiger partial charge in [0.1, 0.15) is 6.54 Å². The molecule has 5 rings (SSSR count). The molecule has 0 unspecified atom stereocenters. The smallest absolute Gasteiger partial charge is 0.208 e. The molecule has 0 amide bonds. The van der Waals surface area contributed by atoms with E-state index in [-0.39, 0.29) is 10.8 Å². The Labute approximate surface area is 240 Å². The van der Waals surface area contributed by atoms with E-state index in [1.807, 2.05) is 0 Å². The number of likely N-dealkylation sites (N-methyl/N-ethyl adjacent to an activating group) is 1. The molecule has 40 heavy (non-hydrogen) atoms. The van der Waals surface area contributed by atoms with Crippen LogP contribution < -0.4 is 23.5 Å². The highest BCUT2D eigenvalue weighted by Gasteiger charge is 2.37. The third kappa shape index (κ3) is 7.39. The van der Waals surface area contributed by atoms with E-state index in [2.05, 4.69) is 129 Å². The molecule has 2 aromatic rings. The van der Waals surface area contributed by atoms with Crippen LogP contribution in [0, 0.1) is 15.7 Å². The first kappa shape index (κ1) is 30.0. The molecule has 0 N–H and O–H groups in total. The molecular weight excluding hydrogens is 524 g/mol. The predicted octanol–water partition coefficient (Wildman–Crippen LogP) is 3.13. The van der Waals surface area contributed by atoms with Gasteiger partial charge in [-0.25, -0.2) is 18.6 Å². The molecule has 0 fully saturated rings. The normalized spacial score (nSPS) is 22.7. The fraction of sp³-hybridized carbons (Fsp3) is 0.364. The van der Waals surface area contributed by atoms with Gasteiger partial charge in [0.15, 0.2) is 6.21 Å². The number of hydrogen-bond acceptors (Lipinski definition) is 5. The van der Waals surface area contributed by atoms with Gasteiger partial charge in [0.2, 0.25) is 5.69 Å². The van der Waals surface area contributed by atoms with Crippen molar-refractivity contribution < 1.29 is 33.5 Å². The average molecular weight is 563 g/mol. The zero-order valence-electron chi connectivity index (χ0n) is 24.0. The molecule has 0 saturated heterocycles. The Balaban J connectivity index is 0.000000681. The summed E-state index contributed by atoms with van der Waals surface area (Å²) in [5.41, 5.74) is 10.0. The lowest BCUT2D eigenvalue weighted by atomic mass is 9.75. The summed E-state index contributed by atoms with van der Waals surface area (Å²) in [6.07, 6.45) is 18.6. The van der Waals surface area contributed by atoms with Crippen molar-refractivity contribution in [2.75, 3.05) is 18.5 Å². The largest absolute Gasteiger partial charge is 0.347 e. The van der Waals surface area contributed by atoms with Gasteiger partial charge >= 0.3 is 0 Å². The van der Waals surface area contributed by atoms with Crippen LogP contribution in [0.5, 0.6) is 0 Å². The van der Waals surface area contributed by atoms with Gasteiger partial charge in [-0.3, -0.25) is 0 Å². The zero-order chi connectivity index (χ0) is 29.1. The summed E-state index contributed by atoms with van der Waals surface area (Å²) in [5, 5.41) is 0. The SMILES string of the molecule is CN1/C(=C/C=C/C2=CC(=C/C=[N+]3CCCc4ccccc43)/CC(C)(C)C2)C(C)(C)c2ccccc21.[O-][Cl+3]([O-])([O-])[O-].